The van der Waals surface area contributed by atoms with Gasteiger partial charge < -0.3 is 0 Å². The zero-order chi connectivity index (χ0) is 7.11. The van der Waals surface area contributed by atoms with E-state index in [1.165, 1.54) is 0 Å². The van der Waals surface area contributed by atoms with Gasteiger partial charge in [-0.2, -0.15) is 4.91 Å². The topological polar surface area (TPSA) is 29.4 Å². The van der Waals surface area contributed by atoms with Gasteiger partial charge in [0.2, 0.25) is 0 Å². The van der Waals surface area contributed by atoms with Crippen molar-refractivity contribution in [2.24, 2.45) is 5.18 Å². The van der Waals surface area contributed by atoms with Gasteiger partial charge in [-0.3, -0.25) is 0 Å². The highest BCUT2D eigenvalue weighted by Gasteiger charge is 1.75. The normalized spacial score (nSPS) is 7.78. The summed E-state index contributed by atoms with van der Waals surface area (Å²) in [7, 11) is 0. The molecular formula is C7H11NO. The summed E-state index contributed by atoms with van der Waals surface area (Å²) in [4.78, 5) is 9.54. The average molecular weight is 125 g/mol. The van der Waals surface area contributed by atoms with E-state index in [4.69, 9.17) is 0 Å². The Balaban J connectivity index is 3.47. The summed E-state index contributed by atoms with van der Waals surface area (Å²) in [6, 6.07) is 0. The molecule has 0 aromatic rings. The van der Waals surface area contributed by atoms with Crippen LogP contribution in [0.4, 0.5) is 0 Å². The van der Waals surface area contributed by atoms with Crippen LogP contribution in [0, 0.1) is 4.91 Å². The van der Waals surface area contributed by atoms with E-state index in [-0.39, 0.29) is 0 Å². The van der Waals surface area contributed by atoms with E-state index in [1.54, 1.807) is 0 Å². The van der Waals surface area contributed by atoms with Crippen LogP contribution < -0.4 is 0 Å². The molecule has 0 aliphatic carbocycles. The van der Waals surface area contributed by atoms with Crippen molar-refractivity contribution in [1.82, 2.24) is 0 Å². The van der Waals surface area contributed by atoms with Crippen LogP contribution in [0.5, 0.6) is 0 Å². The lowest BCUT2D eigenvalue weighted by molar-refractivity contribution is 0.997. The minimum Gasteiger partial charge on any atom is -0.151 e. The third kappa shape index (κ3) is 7.12. The van der Waals surface area contributed by atoms with Crippen molar-refractivity contribution in [3.05, 3.63) is 22.3 Å². The van der Waals surface area contributed by atoms with Gasteiger partial charge >= 0.3 is 0 Å². The van der Waals surface area contributed by atoms with Crippen molar-refractivity contribution < 1.29 is 0 Å². The molecule has 2 nitrogen and oxygen atoms in total. The van der Waals surface area contributed by atoms with Gasteiger partial charge in [0.1, 0.15) is 0 Å². The SMILES string of the molecule is CC(C)=C=CCCN=O. The molecule has 0 atom stereocenters. The van der Waals surface area contributed by atoms with Gasteiger partial charge in [0, 0.05) is 0 Å². The Bertz CT molecular complexity index is 139. The molecule has 0 radical (unpaired) electrons. The second kappa shape index (κ2) is 5.26. The van der Waals surface area contributed by atoms with E-state index < -0.39 is 0 Å². The molecule has 0 rings (SSSR count). The van der Waals surface area contributed by atoms with Crippen LogP contribution in [0.25, 0.3) is 0 Å². The van der Waals surface area contributed by atoms with Crippen LogP contribution in [0.2, 0.25) is 0 Å². The molecule has 0 spiro atoms. The van der Waals surface area contributed by atoms with Gasteiger partial charge in [-0.05, 0) is 31.9 Å². The molecule has 0 amide bonds. The first kappa shape index (κ1) is 8.12. The average Bonchev–Trinajstić information content (AvgIpc) is 1.80. The lowest BCUT2D eigenvalue weighted by Gasteiger charge is -1.77. The smallest absolute Gasteiger partial charge is 0.0851 e. The largest absolute Gasteiger partial charge is 0.151 e. The highest BCUT2D eigenvalue weighted by Crippen LogP contribution is 1.86. The first-order chi connectivity index (χ1) is 4.27. The molecular weight excluding hydrogens is 114 g/mol. The summed E-state index contributed by atoms with van der Waals surface area (Å²) in [5.74, 6) is 0. The Labute approximate surface area is 55.2 Å². The molecule has 0 saturated heterocycles. The van der Waals surface area contributed by atoms with Crippen molar-refractivity contribution in [3.63, 3.8) is 0 Å². The van der Waals surface area contributed by atoms with Gasteiger partial charge in [0.25, 0.3) is 0 Å². The van der Waals surface area contributed by atoms with Crippen LogP contribution in [0.15, 0.2) is 22.6 Å². The molecule has 0 aromatic carbocycles. The van der Waals surface area contributed by atoms with Gasteiger partial charge in [-0.25, -0.2) is 0 Å². The van der Waals surface area contributed by atoms with Crippen LogP contribution >= 0.6 is 0 Å². The maximum atomic E-state index is 9.54. The molecule has 0 fully saturated rings. The molecule has 0 aliphatic heterocycles. The standard InChI is InChI=1S/C7H11NO/c1-7(2)5-3-4-6-8-9/h3H,4,6H2,1-2H3. The van der Waals surface area contributed by atoms with Crippen molar-refractivity contribution in [3.8, 4) is 0 Å². The number of nitroso groups, excluding NO2 is 1. The van der Waals surface area contributed by atoms with E-state index >= 15 is 0 Å². The fraction of sp³-hybridized carbons (Fsp3) is 0.571. The van der Waals surface area contributed by atoms with Crippen LogP contribution in [0.3, 0.4) is 0 Å². The molecule has 0 aliphatic rings. The first-order valence-electron chi connectivity index (χ1n) is 2.95. The van der Waals surface area contributed by atoms with Crippen molar-refractivity contribution in [2.75, 3.05) is 6.54 Å². The van der Waals surface area contributed by atoms with Gasteiger partial charge in [0.05, 0.1) is 6.54 Å². The molecule has 50 valence electrons. The highest BCUT2D eigenvalue weighted by molar-refractivity contribution is 4.93. The quantitative estimate of drug-likeness (QED) is 0.323. The summed E-state index contributed by atoms with van der Waals surface area (Å²) in [5, 5.41) is 2.70. The second-order valence-electron chi connectivity index (χ2n) is 1.99. The van der Waals surface area contributed by atoms with Crippen LogP contribution in [-0.4, -0.2) is 6.54 Å². The fourth-order valence-electron chi connectivity index (χ4n) is 0.394. The van der Waals surface area contributed by atoms with Crippen molar-refractivity contribution >= 4 is 0 Å². The van der Waals surface area contributed by atoms with E-state index in [0.717, 1.165) is 5.57 Å². The van der Waals surface area contributed by atoms with Gasteiger partial charge in [0.15, 0.2) is 0 Å². The van der Waals surface area contributed by atoms with Gasteiger partial charge in [-0.15, -0.1) is 5.73 Å². The second-order valence-corrected chi connectivity index (χ2v) is 1.99. The Morgan fingerprint density at radius 2 is 2.33 bits per heavy atom. The number of hydrogen-bond donors (Lipinski definition) is 0. The molecule has 0 unspecified atom stereocenters. The minimum absolute atomic E-state index is 0.361. The highest BCUT2D eigenvalue weighted by atomic mass is 16.3. The van der Waals surface area contributed by atoms with Crippen molar-refractivity contribution in [2.45, 2.75) is 20.3 Å². The number of rotatable bonds is 3. The number of nitrogens with zero attached hydrogens (tertiary/aromatic N) is 1. The molecule has 0 heterocycles. The molecule has 9 heavy (non-hydrogen) atoms. The van der Waals surface area contributed by atoms with E-state index in [2.05, 4.69) is 10.9 Å². The van der Waals surface area contributed by atoms with E-state index in [1.807, 2.05) is 19.9 Å². The van der Waals surface area contributed by atoms with E-state index in [0.29, 0.717) is 13.0 Å². The van der Waals surface area contributed by atoms with Crippen molar-refractivity contribution in [1.29, 1.82) is 0 Å². The zero-order valence-electron chi connectivity index (χ0n) is 5.85. The lowest BCUT2D eigenvalue weighted by Crippen LogP contribution is -1.70. The van der Waals surface area contributed by atoms with E-state index in [9.17, 15) is 4.91 Å². The summed E-state index contributed by atoms with van der Waals surface area (Å²) >= 11 is 0. The Hall–Kier alpha value is -0.880. The van der Waals surface area contributed by atoms with Gasteiger partial charge in [-0.1, -0.05) is 5.18 Å². The lowest BCUT2D eigenvalue weighted by atomic mass is 10.3. The molecule has 0 N–H and O–H groups in total. The number of hydrogen-bond acceptors (Lipinski definition) is 2. The predicted octanol–water partition coefficient (Wildman–Crippen LogP) is 2.26. The third-order valence-corrected chi connectivity index (χ3v) is 0.755. The Morgan fingerprint density at radius 1 is 1.67 bits per heavy atom. The summed E-state index contributed by atoms with van der Waals surface area (Å²) in [6.45, 7) is 4.29. The fourth-order valence-corrected chi connectivity index (χ4v) is 0.394. The molecule has 0 bridgehead atoms. The molecule has 0 aromatic heterocycles. The third-order valence-electron chi connectivity index (χ3n) is 0.755. The monoisotopic (exact) mass is 125 g/mol. The summed E-state index contributed by atoms with van der Waals surface area (Å²) in [5.41, 5.74) is 4.10. The maximum Gasteiger partial charge on any atom is 0.0851 e. The summed E-state index contributed by atoms with van der Waals surface area (Å²) in [6.07, 6.45) is 2.53. The van der Waals surface area contributed by atoms with Crippen LogP contribution in [0.1, 0.15) is 20.3 Å². The maximum absolute atomic E-state index is 9.54. The first-order valence-corrected chi connectivity index (χ1v) is 2.95. The zero-order valence-corrected chi connectivity index (χ0v) is 5.85. The summed E-state index contributed by atoms with van der Waals surface area (Å²) < 4.78 is 0. The Kier molecular flexibility index (Phi) is 4.75. The molecule has 2 heteroatoms. The predicted molar refractivity (Wildman–Crippen MR) is 38.2 cm³/mol. The van der Waals surface area contributed by atoms with Crippen LogP contribution in [-0.2, 0) is 0 Å². The molecule has 0 saturated carbocycles. The minimum atomic E-state index is 0.361. The Morgan fingerprint density at radius 3 is 2.78 bits per heavy atom.